The van der Waals surface area contributed by atoms with E-state index in [4.69, 9.17) is 11.6 Å². The number of amides is 1. The number of halogens is 2. The maximum atomic E-state index is 11.8. The second kappa shape index (κ2) is 7.93. The topological polar surface area (TPSA) is 94.0 Å². The maximum Gasteiger partial charge on any atom is 0.408 e. The number of carboxylic acids is 1. The zero-order valence-corrected chi connectivity index (χ0v) is 17.7. The molecule has 4 rings (SSSR count). The lowest BCUT2D eigenvalue weighted by molar-refractivity contribution is -0.145. The molecule has 2 heterocycles. The second-order valence-electron chi connectivity index (χ2n) is 7.27. The Bertz CT molecular complexity index is 933. The van der Waals surface area contributed by atoms with Crippen LogP contribution in [0.5, 0.6) is 0 Å². The van der Waals surface area contributed by atoms with Crippen LogP contribution >= 0.6 is 27.5 Å². The van der Waals surface area contributed by atoms with Gasteiger partial charge in [-0.25, -0.2) is 9.59 Å². The van der Waals surface area contributed by atoms with Crippen molar-refractivity contribution >= 4 is 39.6 Å². The Kier molecular flexibility index (Phi) is 5.50. The number of pyridine rings is 1. The molecule has 1 amide bonds. The first-order valence-corrected chi connectivity index (χ1v) is 10.4. The van der Waals surface area contributed by atoms with Gasteiger partial charge in [0, 0.05) is 35.3 Å². The lowest BCUT2D eigenvalue weighted by Crippen LogP contribution is -2.58. The molecule has 2 atom stereocenters. The van der Waals surface area contributed by atoms with Crippen LogP contribution in [0.2, 0.25) is 5.02 Å². The van der Waals surface area contributed by atoms with E-state index in [1.807, 2.05) is 29.2 Å². The SMILES string of the molecule is O=C(O)[C@H]1CN(C2c3ccc(Cl)cc3CCc3cc(Br)cnc32)CCN1C(=O)O. The summed E-state index contributed by atoms with van der Waals surface area (Å²) in [6.45, 7) is 0.628. The molecule has 2 N–H and O–H groups in total. The summed E-state index contributed by atoms with van der Waals surface area (Å²) < 4.78 is 0.887. The highest BCUT2D eigenvalue weighted by Gasteiger charge is 2.40. The van der Waals surface area contributed by atoms with E-state index in [0.29, 0.717) is 11.6 Å². The molecule has 1 aromatic carbocycles. The van der Waals surface area contributed by atoms with Crippen LogP contribution in [-0.4, -0.2) is 62.7 Å². The number of carbonyl (C=O) groups is 2. The Morgan fingerprint density at radius 3 is 2.62 bits per heavy atom. The molecule has 1 fully saturated rings. The van der Waals surface area contributed by atoms with Crippen LogP contribution in [0.4, 0.5) is 4.79 Å². The molecule has 152 valence electrons. The van der Waals surface area contributed by atoms with E-state index in [9.17, 15) is 19.8 Å². The van der Waals surface area contributed by atoms with Crippen molar-refractivity contribution in [3.05, 3.63) is 62.3 Å². The molecule has 2 aliphatic rings. The van der Waals surface area contributed by atoms with E-state index in [-0.39, 0.29) is 19.1 Å². The molecule has 2 aromatic rings. The molecule has 1 saturated heterocycles. The average molecular weight is 481 g/mol. The van der Waals surface area contributed by atoms with Crippen LogP contribution in [0.25, 0.3) is 0 Å². The van der Waals surface area contributed by atoms with Gasteiger partial charge in [-0.2, -0.15) is 0 Å². The van der Waals surface area contributed by atoms with Crippen molar-refractivity contribution in [1.82, 2.24) is 14.8 Å². The lowest BCUT2D eigenvalue weighted by Gasteiger charge is -2.42. The summed E-state index contributed by atoms with van der Waals surface area (Å²) >= 11 is 9.72. The van der Waals surface area contributed by atoms with E-state index >= 15 is 0 Å². The van der Waals surface area contributed by atoms with Crippen molar-refractivity contribution in [3.63, 3.8) is 0 Å². The van der Waals surface area contributed by atoms with Gasteiger partial charge in [-0.1, -0.05) is 17.7 Å². The van der Waals surface area contributed by atoms with Crippen molar-refractivity contribution in [2.24, 2.45) is 0 Å². The van der Waals surface area contributed by atoms with Gasteiger partial charge in [-0.3, -0.25) is 14.8 Å². The normalized spacial score (nSPS) is 21.8. The third kappa shape index (κ3) is 3.84. The predicted molar refractivity (Wildman–Crippen MR) is 110 cm³/mol. The number of aryl methyl sites for hydroxylation is 2. The van der Waals surface area contributed by atoms with E-state index in [0.717, 1.165) is 44.6 Å². The van der Waals surface area contributed by atoms with E-state index in [2.05, 4.69) is 20.9 Å². The molecule has 9 heteroatoms. The molecular weight excluding hydrogens is 462 g/mol. The zero-order chi connectivity index (χ0) is 20.7. The van der Waals surface area contributed by atoms with Crippen LogP contribution < -0.4 is 0 Å². The highest BCUT2D eigenvalue weighted by Crippen LogP contribution is 2.38. The van der Waals surface area contributed by atoms with Gasteiger partial charge in [0.25, 0.3) is 0 Å². The Balaban J connectivity index is 1.80. The molecular formula is C20H19BrClN3O4. The molecule has 1 aliphatic carbocycles. The van der Waals surface area contributed by atoms with Gasteiger partial charge < -0.3 is 10.2 Å². The summed E-state index contributed by atoms with van der Waals surface area (Å²) in [7, 11) is 0. The minimum absolute atomic E-state index is 0.0888. The Labute approximate surface area is 181 Å². The van der Waals surface area contributed by atoms with Crippen LogP contribution in [0.1, 0.15) is 28.4 Å². The van der Waals surface area contributed by atoms with Gasteiger partial charge in [-0.15, -0.1) is 0 Å². The second-order valence-corrected chi connectivity index (χ2v) is 8.62. The minimum atomic E-state index is -1.22. The maximum absolute atomic E-state index is 11.8. The number of nitrogens with zero attached hydrogens (tertiary/aromatic N) is 3. The molecule has 1 aromatic heterocycles. The minimum Gasteiger partial charge on any atom is -0.480 e. The van der Waals surface area contributed by atoms with Crippen molar-refractivity contribution in [1.29, 1.82) is 0 Å². The molecule has 0 bridgehead atoms. The third-order valence-electron chi connectivity index (χ3n) is 5.60. The predicted octanol–water partition coefficient (Wildman–Crippen LogP) is 3.43. The fourth-order valence-corrected chi connectivity index (χ4v) is 4.83. The fourth-order valence-electron chi connectivity index (χ4n) is 4.26. The Morgan fingerprint density at radius 2 is 1.90 bits per heavy atom. The molecule has 29 heavy (non-hydrogen) atoms. The van der Waals surface area contributed by atoms with E-state index in [1.165, 1.54) is 0 Å². The van der Waals surface area contributed by atoms with Crippen LogP contribution in [-0.2, 0) is 17.6 Å². The molecule has 1 aliphatic heterocycles. The Morgan fingerprint density at radius 1 is 1.14 bits per heavy atom. The summed E-state index contributed by atoms with van der Waals surface area (Å²) in [4.78, 5) is 31.0. The molecule has 0 spiro atoms. The van der Waals surface area contributed by atoms with E-state index < -0.39 is 18.1 Å². The fraction of sp³-hybridized carbons (Fsp3) is 0.350. The smallest absolute Gasteiger partial charge is 0.408 e. The van der Waals surface area contributed by atoms with Crippen LogP contribution in [0.15, 0.2) is 34.9 Å². The largest absolute Gasteiger partial charge is 0.480 e. The number of hydrogen-bond acceptors (Lipinski definition) is 4. The molecule has 0 saturated carbocycles. The number of aromatic nitrogens is 1. The number of rotatable bonds is 2. The quantitative estimate of drug-likeness (QED) is 0.684. The van der Waals surface area contributed by atoms with Crippen LogP contribution in [0.3, 0.4) is 0 Å². The average Bonchev–Trinajstić information content (AvgIpc) is 2.83. The van der Waals surface area contributed by atoms with Crippen LogP contribution in [0, 0.1) is 0 Å². The van der Waals surface area contributed by atoms with Crippen molar-refractivity contribution < 1.29 is 19.8 Å². The number of carboxylic acid groups (broad SMARTS) is 2. The summed E-state index contributed by atoms with van der Waals surface area (Å²) in [6.07, 6.45) is 2.13. The van der Waals surface area contributed by atoms with Gasteiger partial charge >= 0.3 is 12.1 Å². The standard InChI is InChI=1S/C20H19BrClN3O4/c21-13-7-12-2-1-11-8-14(22)3-4-15(11)18(17(12)23-9-13)24-5-6-25(20(28)29)16(10-24)19(26)27/h3-4,7-9,16,18H,1-2,5-6,10H2,(H,26,27)(H,28,29)/t16-,18?/m1/s1. The highest BCUT2D eigenvalue weighted by molar-refractivity contribution is 9.10. The van der Waals surface area contributed by atoms with Gasteiger partial charge in [-0.05, 0) is 63.7 Å². The Hall–Kier alpha value is -2.16. The first kappa shape index (κ1) is 20.1. The summed E-state index contributed by atoms with van der Waals surface area (Å²) in [5, 5.41) is 19.7. The van der Waals surface area contributed by atoms with E-state index in [1.54, 1.807) is 6.20 Å². The van der Waals surface area contributed by atoms with Crippen molar-refractivity contribution in [3.8, 4) is 0 Å². The summed E-state index contributed by atoms with van der Waals surface area (Å²) in [5.74, 6) is -1.15. The summed E-state index contributed by atoms with van der Waals surface area (Å²) in [6, 6.07) is 6.42. The summed E-state index contributed by atoms with van der Waals surface area (Å²) in [5.41, 5.74) is 4.10. The first-order chi connectivity index (χ1) is 13.8. The third-order valence-corrected chi connectivity index (χ3v) is 6.27. The number of benzene rings is 1. The molecule has 7 nitrogen and oxygen atoms in total. The number of piperazine rings is 1. The number of aliphatic carboxylic acids is 1. The number of fused-ring (bicyclic) bond motifs is 2. The molecule has 0 radical (unpaired) electrons. The highest BCUT2D eigenvalue weighted by atomic mass is 79.9. The molecule has 1 unspecified atom stereocenters. The van der Waals surface area contributed by atoms with Crippen molar-refractivity contribution in [2.75, 3.05) is 19.6 Å². The van der Waals surface area contributed by atoms with Gasteiger partial charge in [0.05, 0.1) is 11.7 Å². The first-order valence-electron chi connectivity index (χ1n) is 9.24. The lowest BCUT2D eigenvalue weighted by atomic mass is 9.95. The van der Waals surface area contributed by atoms with Gasteiger partial charge in [0.2, 0.25) is 0 Å². The van der Waals surface area contributed by atoms with Crippen molar-refractivity contribution in [2.45, 2.75) is 24.9 Å². The van der Waals surface area contributed by atoms with Gasteiger partial charge in [0.1, 0.15) is 6.04 Å². The number of hydrogen-bond donors (Lipinski definition) is 2. The van der Waals surface area contributed by atoms with Gasteiger partial charge in [0.15, 0.2) is 0 Å². The zero-order valence-electron chi connectivity index (χ0n) is 15.4. The monoisotopic (exact) mass is 479 g/mol.